The summed E-state index contributed by atoms with van der Waals surface area (Å²) in [5, 5.41) is 6.93. The van der Waals surface area contributed by atoms with Crippen molar-refractivity contribution < 1.29 is 4.74 Å². The molecule has 0 bridgehead atoms. The first-order valence-corrected chi connectivity index (χ1v) is 10.4. The molecule has 1 unspecified atom stereocenters. The van der Waals surface area contributed by atoms with Crippen LogP contribution >= 0.6 is 0 Å². The van der Waals surface area contributed by atoms with Gasteiger partial charge in [-0.25, -0.2) is 0 Å². The fourth-order valence-electron chi connectivity index (χ4n) is 4.07. The topological polar surface area (TPSA) is 48.9 Å². The molecule has 0 radical (unpaired) electrons. The van der Waals surface area contributed by atoms with Crippen LogP contribution in [0, 0.1) is 11.3 Å². The van der Waals surface area contributed by atoms with Crippen LogP contribution in [0.2, 0.25) is 0 Å². The van der Waals surface area contributed by atoms with E-state index in [1.165, 1.54) is 58.2 Å². The molecule has 25 heavy (non-hydrogen) atoms. The molecule has 5 heteroatoms. The summed E-state index contributed by atoms with van der Waals surface area (Å²) in [6, 6.07) is 0. The second-order valence-electron chi connectivity index (χ2n) is 8.12. The van der Waals surface area contributed by atoms with Crippen molar-refractivity contribution in [3.8, 4) is 0 Å². The molecule has 1 saturated heterocycles. The zero-order valence-corrected chi connectivity index (χ0v) is 16.8. The molecule has 1 aliphatic carbocycles. The van der Waals surface area contributed by atoms with E-state index in [4.69, 9.17) is 9.73 Å². The number of ether oxygens (including phenoxy) is 1. The van der Waals surface area contributed by atoms with Crippen LogP contribution in [-0.4, -0.2) is 63.8 Å². The fourth-order valence-corrected chi connectivity index (χ4v) is 4.07. The van der Waals surface area contributed by atoms with Crippen molar-refractivity contribution in [3.63, 3.8) is 0 Å². The smallest absolute Gasteiger partial charge is 0.191 e. The Hall–Kier alpha value is -0.810. The summed E-state index contributed by atoms with van der Waals surface area (Å²) < 4.78 is 5.29. The Labute approximate surface area is 155 Å². The molecule has 0 spiro atoms. The minimum Gasteiger partial charge on any atom is -0.385 e. The minimum atomic E-state index is 0.391. The number of guanidine groups is 1. The lowest BCUT2D eigenvalue weighted by Gasteiger charge is -2.40. The van der Waals surface area contributed by atoms with Crippen LogP contribution in [0.1, 0.15) is 58.8 Å². The van der Waals surface area contributed by atoms with E-state index in [9.17, 15) is 0 Å². The maximum Gasteiger partial charge on any atom is 0.191 e. The van der Waals surface area contributed by atoms with E-state index in [0.29, 0.717) is 5.41 Å². The van der Waals surface area contributed by atoms with Crippen LogP contribution in [0.3, 0.4) is 0 Å². The van der Waals surface area contributed by atoms with Crippen LogP contribution in [-0.2, 0) is 4.74 Å². The van der Waals surface area contributed by atoms with Gasteiger partial charge >= 0.3 is 0 Å². The molecule has 1 heterocycles. The minimum absolute atomic E-state index is 0.391. The van der Waals surface area contributed by atoms with Gasteiger partial charge in [0.1, 0.15) is 0 Å². The quantitative estimate of drug-likeness (QED) is 0.361. The maximum atomic E-state index is 5.29. The number of rotatable bonds is 10. The monoisotopic (exact) mass is 352 g/mol. The Morgan fingerprint density at radius 3 is 2.76 bits per heavy atom. The standard InChI is InChI=1S/C20H40N4O/c1-4-21-19(23-17-20(9-6-10-20)11-15-25-3)22-12-7-14-24-13-5-8-18(2)16-24/h18H,4-17H2,1-3H3,(H2,21,22,23). The molecule has 2 rings (SSSR count). The molecule has 5 nitrogen and oxygen atoms in total. The van der Waals surface area contributed by atoms with Crippen molar-refractivity contribution >= 4 is 5.96 Å². The van der Waals surface area contributed by atoms with Gasteiger partial charge in [-0.05, 0) is 69.9 Å². The van der Waals surface area contributed by atoms with Crippen molar-refractivity contribution in [2.45, 2.75) is 58.8 Å². The Morgan fingerprint density at radius 2 is 2.12 bits per heavy atom. The van der Waals surface area contributed by atoms with Gasteiger partial charge in [0.25, 0.3) is 0 Å². The summed E-state index contributed by atoms with van der Waals surface area (Å²) in [6.45, 7) is 12.0. The van der Waals surface area contributed by atoms with E-state index in [-0.39, 0.29) is 0 Å². The van der Waals surface area contributed by atoms with Crippen LogP contribution < -0.4 is 10.6 Å². The van der Waals surface area contributed by atoms with Crippen molar-refractivity contribution in [1.82, 2.24) is 15.5 Å². The Kier molecular flexibility index (Phi) is 9.04. The highest BCUT2D eigenvalue weighted by Crippen LogP contribution is 2.44. The first-order valence-electron chi connectivity index (χ1n) is 10.4. The number of piperidine rings is 1. The average molecular weight is 353 g/mol. The largest absolute Gasteiger partial charge is 0.385 e. The predicted octanol–water partition coefficient (Wildman–Crippen LogP) is 2.87. The van der Waals surface area contributed by atoms with Gasteiger partial charge in [-0.2, -0.15) is 0 Å². The van der Waals surface area contributed by atoms with Gasteiger partial charge < -0.3 is 20.3 Å². The fraction of sp³-hybridized carbons (Fsp3) is 0.950. The molecule has 0 aromatic carbocycles. The number of methoxy groups -OCH3 is 1. The Morgan fingerprint density at radius 1 is 1.28 bits per heavy atom. The zero-order valence-electron chi connectivity index (χ0n) is 16.8. The average Bonchev–Trinajstić information content (AvgIpc) is 2.57. The number of nitrogens with zero attached hydrogens (tertiary/aromatic N) is 2. The van der Waals surface area contributed by atoms with E-state index in [2.05, 4.69) is 29.4 Å². The van der Waals surface area contributed by atoms with Gasteiger partial charge in [0.2, 0.25) is 0 Å². The number of likely N-dealkylation sites (tertiary alicyclic amines) is 1. The number of hydrogen-bond acceptors (Lipinski definition) is 3. The van der Waals surface area contributed by atoms with Gasteiger partial charge in [-0.15, -0.1) is 0 Å². The molecule has 0 aromatic heterocycles. The van der Waals surface area contributed by atoms with Crippen LogP contribution in [0.15, 0.2) is 4.99 Å². The predicted molar refractivity (Wildman–Crippen MR) is 106 cm³/mol. The number of nitrogens with one attached hydrogen (secondary N) is 2. The highest BCUT2D eigenvalue weighted by atomic mass is 16.5. The van der Waals surface area contributed by atoms with Gasteiger partial charge in [0.05, 0.1) is 0 Å². The highest BCUT2D eigenvalue weighted by molar-refractivity contribution is 5.79. The first kappa shape index (κ1) is 20.5. The number of hydrogen-bond donors (Lipinski definition) is 2. The molecule has 1 saturated carbocycles. The van der Waals surface area contributed by atoms with Crippen molar-refractivity contribution in [2.24, 2.45) is 16.3 Å². The van der Waals surface area contributed by atoms with Gasteiger partial charge in [-0.3, -0.25) is 4.99 Å². The molecular weight excluding hydrogens is 312 g/mol. The summed E-state index contributed by atoms with van der Waals surface area (Å²) in [5.74, 6) is 1.85. The van der Waals surface area contributed by atoms with Crippen molar-refractivity contribution in [3.05, 3.63) is 0 Å². The van der Waals surface area contributed by atoms with Crippen LogP contribution in [0.25, 0.3) is 0 Å². The molecule has 2 aliphatic rings. The van der Waals surface area contributed by atoms with E-state index in [1.54, 1.807) is 7.11 Å². The molecular formula is C20H40N4O. The normalized spacial score (nSPS) is 24.0. The molecule has 2 N–H and O–H groups in total. The molecule has 146 valence electrons. The Bertz CT molecular complexity index is 395. The van der Waals surface area contributed by atoms with Crippen molar-refractivity contribution in [1.29, 1.82) is 0 Å². The van der Waals surface area contributed by atoms with E-state index in [1.807, 2.05) is 0 Å². The maximum absolute atomic E-state index is 5.29. The molecule has 0 aromatic rings. The first-order chi connectivity index (χ1) is 12.2. The van der Waals surface area contributed by atoms with Gasteiger partial charge in [-0.1, -0.05) is 13.3 Å². The number of aliphatic imine (C=N–C) groups is 1. The Balaban J connectivity index is 1.70. The van der Waals surface area contributed by atoms with Crippen molar-refractivity contribution in [2.75, 3.05) is 53.0 Å². The summed E-state index contributed by atoms with van der Waals surface area (Å²) in [7, 11) is 1.80. The third kappa shape index (κ3) is 7.14. The van der Waals surface area contributed by atoms with Gasteiger partial charge in [0, 0.05) is 39.9 Å². The zero-order chi connectivity index (χ0) is 18.0. The van der Waals surface area contributed by atoms with Crippen LogP contribution in [0.4, 0.5) is 0 Å². The van der Waals surface area contributed by atoms with E-state index >= 15 is 0 Å². The van der Waals surface area contributed by atoms with E-state index < -0.39 is 0 Å². The van der Waals surface area contributed by atoms with E-state index in [0.717, 1.165) is 44.5 Å². The lowest BCUT2D eigenvalue weighted by molar-refractivity contribution is 0.0778. The molecule has 2 fully saturated rings. The molecule has 0 amide bonds. The lowest BCUT2D eigenvalue weighted by atomic mass is 9.67. The third-order valence-corrected chi connectivity index (χ3v) is 5.85. The van der Waals surface area contributed by atoms with Crippen LogP contribution in [0.5, 0.6) is 0 Å². The summed E-state index contributed by atoms with van der Waals surface area (Å²) in [4.78, 5) is 7.50. The second-order valence-corrected chi connectivity index (χ2v) is 8.12. The molecule has 1 atom stereocenters. The lowest BCUT2D eigenvalue weighted by Crippen LogP contribution is -2.41. The van der Waals surface area contributed by atoms with Gasteiger partial charge in [0.15, 0.2) is 5.96 Å². The summed E-state index contributed by atoms with van der Waals surface area (Å²) in [5.41, 5.74) is 0.391. The summed E-state index contributed by atoms with van der Waals surface area (Å²) in [6.07, 6.45) is 9.03. The molecule has 1 aliphatic heterocycles. The third-order valence-electron chi connectivity index (χ3n) is 5.85. The highest BCUT2D eigenvalue weighted by Gasteiger charge is 2.36. The second kappa shape index (κ2) is 11.0. The summed E-state index contributed by atoms with van der Waals surface area (Å²) >= 11 is 0. The SMILES string of the molecule is CCNC(=NCC1(CCOC)CCC1)NCCCN1CCCC(C)C1.